The second-order valence-corrected chi connectivity index (χ2v) is 7.37. The molecule has 1 aromatic heterocycles. The summed E-state index contributed by atoms with van der Waals surface area (Å²) in [6.45, 7) is 3.10. The van der Waals surface area contributed by atoms with Crippen molar-refractivity contribution in [2.75, 3.05) is 33.7 Å². The Hall–Kier alpha value is -1.82. The normalized spacial score (nSPS) is 16.0. The number of piperidine rings is 1. The van der Waals surface area contributed by atoms with E-state index in [1.54, 1.807) is 19.0 Å². The number of hydrogen-bond donors (Lipinski definition) is 1. The Morgan fingerprint density at radius 2 is 1.96 bits per heavy atom. The van der Waals surface area contributed by atoms with Gasteiger partial charge in [-0.15, -0.1) is 0 Å². The molecule has 0 radical (unpaired) electrons. The summed E-state index contributed by atoms with van der Waals surface area (Å²) in [6.07, 6.45) is 2.08. The summed E-state index contributed by atoms with van der Waals surface area (Å²) < 4.78 is 5.93. The second-order valence-electron chi connectivity index (χ2n) is 6.97. The number of nitrogens with zero attached hydrogens (tertiary/aromatic N) is 2. The lowest BCUT2D eigenvalue weighted by Gasteiger charge is -2.32. The SMILES string of the molecule is CN(C)C(=O)CN1CCC(NCc2ccc(-c3ccccc3Cl)o2)CC1. The van der Waals surface area contributed by atoms with Crippen molar-refractivity contribution in [2.45, 2.75) is 25.4 Å². The Balaban J connectivity index is 1.46. The van der Waals surface area contributed by atoms with Crippen LogP contribution in [0.25, 0.3) is 11.3 Å². The van der Waals surface area contributed by atoms with Crippen LogP contribution in [0.5, 0.6) is 0 Å². The first-order chi connectivity index (χ1) is 12.5. The maximum atomic E-state index is 11.8. The maximum Gasteiger partial charge on any atom is 0.236 e. The third-order valence-corrected chi connectivity index (χ3v) is 5.14. The first-order valence-electron chi connectivity index (χ1n) is 9.02. The van der Waals surface area contributed by atoms with Gasteiger partial charge in [0.1, 0.15) is 11.5 Å². The molecule has 0 saturated carbocycles. The number of likely N-dealkylation sites (N-methyl/N-ethyl adjacent to an activating group) is 1. The maximum absolute atomic E-state index is 11.8. The highest BCUT2D eigenvalue weighted by molar-refractivity contribution is 6.33. The van der Waals surface area contributed by atoms with Crippen molar-refractivity contribution in [1.29, 1.82) is 0 Å². The van der Waals surface area contributed by atoms with E-state index in [9.17, 15) is 4.79 Å². The molecule has 0 atom stereocenters. The van der Waals surface area contributed by atoms with Gasteiger partial charge < -0.3 is 14.6 Å². The summed E-state index contributed by atoms with van der Waals surface area (Å²) >= 11 is 6.23. The minimum atomic E-state index is 0.166. The molecule has 1 aliphatic heterocycles. The van der Waals surface area contributed by atoms with E-state index < -0.39 is 0 Å². The summed E-state index contributed by atoms with van der Waals surface area (Å²) in [5.41, 5.74) is 0.916. The zero-order valence-electron chi connectivity index (χ0n) is 15.4. The topological polar surface area (TPSA) is 48.7 Å². The lowest BCUT2D eigenvalue weighted by molar-refractivity contribution is -0.130. The zero-order chi connectivity index (χ0) is 18.5. The van der Waals surface area contributed by atoms with Crippen LogP contribution >= 0.6 is 11.6 Å². The summed E-state index contributed by atoms with van der Waals surface area (Å²) in [4.78, 5) is 15.7. The number of likely N-dealkylation sites (tertiary alicyclic amines) is 1. The Morgan fingerprint density at radius 1 is 1.23 bits per heavy atom. The average Bonchev–Trinajstić information content (AvgIpc) is 3.10. The van der Waals surface area contributed by atoms with Crippen molar-refractivity contribution >= 4 is 17.5 Å². The van der Waals surface area contributed by atoms with E-state index in [0.29, 0.717) is 24.2 Å². The van der Waals surface area contributed by atoms with Gasteiger partial charge in [0, 0.05) is 38.8 Å². The molecule has 1 fully saturated rings. The zero-order valence-corrected chi connectivity index (χ0v) is 16.1. The van der Waals surface area contributed by atoms with Gasteiger partial charge in [-0.05, 0) is 37.1 Å². The minimum Gasteiger partial charge on any atom is -0.460 e. The second kappa shape index (κ2) is 8.71. The van der Waals surface area contributed by atoms with Gasteiger partial charge in [-0.1, -0.05) is 23.7 Å². The fraction of sp³-hybridized carbons (Fsp3) is 0.450. The van der Waals surface area contributed by atoms with Crippen molar-refractivity contribution in [3.63, 3.8) is 0 Å². The van der Waals surface area contributed by atoms with E-state index in [-0.39, 0.29) is 5.91 Å². The molecule has 1 aromatic carbocycles. The van der Waals surface area contributed by atoms with Crippen molar-refractivity contribution in [2.24, 2.45) is 0 Å². The van der Waals surface area contributed by atoms with Crippen LogP contribution in [-0.4, -0.2) is 55.5 Å². The minimum absolute atomic E-state index is 0.166. The van der Waals surface area contributed by atoms with Crippen LogP contribution in [0.3, 0.4) is 0 Å². The molecule has 0 spiro atoms. The number of furan rings is 1. The highest BCUT2D eigenvalue weighted by Gasteiger charge is 2.21. The molecule has 1 saturated heterocycles. The number of carbonyl (C=O) groups is 1. The molecule has 0 aliphatic carbocycles. The van der Waals surface area contributed by atoms with Gasteiger partial charge in [0.05, 0.1) is 18.1 Å². The molecule has 1 N–H and O–H groups in total. The van der Waals surface area contributed by atoms with Crippen LogP contribution < -0.4 is 5.32 Å². The number of amides is 1. The largest absolute Gasteiger partial charge is 0.460 e. The number of rotatable bonds is 6. The molecule has 26 heavy (non-hydrogen) atoms. The number of carbonyl (C=O) groups excluding carboxylic acids is 1. The van der Waals surface area contributed by atoms with Gasteiger partial charge >= 0.3 is 0 Å². The van der Waals surface area contributed by atoms with Gasteiger partial charge in [0.2, 0.25) is 5.91 Å². The van der Waals surface area contributed by atoms with E-state index in [2.05, 4.69) is 10.2 Å². The fourth-order valence-corrected chi connectivity index (χ4v) is 3.38. The predicted octanol–water partition coefficient (Wildman–Crippen LogP) is 3.24. The van der Waals surface area contributed by atoms with Gasteiger partial charge in [-0.25, -0.2) is 0 Å². The summed E-state index contributed by atoms with van der Waals surface area (Å²) in [7, 11) is 3.60. The van der Waals surface area contributed by atoms with E-state index in [0.717, 1.165) is 43.0 Å². The van der Waals surface area contributed by atoms with Gasteiger partial charge in [0.25, 0.3) is 0 Å². The number of benzene rings is 1. The molecular formula is C20H26ClN3O2. The average molecular weight is 376 g/mol. The standard InChI is InChI=1S/C20H26ClN3O2/c1-23(2)20(25)14-24-11-9-15(10-12-24)22-13-16-7-8-19(26-16)17-5-3-4-6-18(17)21/h3-8,15,22H,9-14H2,1-2H3. The molecule has 2 aromatic rings. The highest BCUT2D eigenvalue weighted by atomic mass is 35.5. The smallest absolute Gasteiger partial charge is 0.236 e. The lowest BCUT2D eigenvalue weighted by Crippen LogP contribution is -2.45. The van der Waals surface area contributed by atoms with E-state index in [1.165, 1.54) is 0 Å². The Labute approximate surface area is 159 Å². The van der Waals surface area contributed by atoms with Crippen molar-refractivity contribution in [3.8, 4) is 11.3 Å². The molecule has 3 rings (SSSR count). The predicted molar refractivity (Wildman–Crippen MR) is 104 cm³/mol. The first-order valence-corrected chi connectivity index (χ1v) is 9.40. The first kappa shape index (κ1) is 19.0. The van der Waals surface area contributed by atoms with Crippen molar-refractivity contribution < 1.29 is 9.21 Å². The van der Waals surface area contributed by atoms with Crippen LogP contribution in [0.2, 0.25) is 5.02 Å². The molecule has 2 heterocycles. The van der Waals surface area contributed by atoms with Gasteiger partial charge in [0.15, 0.2) is 0 Å². The molecule has 6 heteroatoms. The third-order valence-electron chi connectivity index (χ3n) is 4.81. The number of hydrogen-bond acceptors (Lipinski definition) is 4. The number of nitrogens with one attached hydrogen (secondary N) is 1. The molecule has 1 aliphatic rings. The third kappa shape index (κ3) is 4.87. The van der Waals surface area contributed by atoms with Gasteiger partial charge in [-0.2, -0.15) is 0 Å². The molecule has 5 nitrogen and oxygen atoms in total. The summed E-state index contributed by atoms with van der Waals surface area (Å²) in [6, 6.07) is 12.1. The molecule has 0 unspecified atom stereocenters. The Morgan fingerprint density at radius 3 is 2.65 bits per heavy atom. The fourth-order valence-electron chi connectivity index (χ4n) is 3.15. The lowest BCUT2D eigenvalue weighted by atomic mass is 10.0. The van der Waals surface area contributed by atoms with Crippen molar-refractivity contribution in [3.05, 3.63) is 47.2 Å². The van der Waals surface area contributed by atoms with Crippen LogP contribution in [0, 0.1) is 0 Å². The Bertz CT molecular complexity index is 736. The number of halogens is 1. The van der Waals surface area contributed by atoms with Crippen LogP contribution in [-0.2, 0) is 11.3 Å². The van der Waals surface area contributed by atoms with Crippen molar-refractivity contribution in [1.82, 2.24) is 15.1 Å². The summed E-state index contributed by atoms with van der Waals surface area (Å²) in [5.74, 6) is 1.87. The summed E-state index contributed by atoms with van der Waals surface area (Å²) in [5, 5.41) is 4.26. The molecule has 0 bridgehead atoms. The van der Waals surface area contributed by atoms with E-state index in [1.807, 2.05) is 36.4 Å². The Kier molecular flexibility index (Phi) is 6.35. The van der Waals surface area contributed by atoms with Gasteiger partial charge in [-0.3, -0.25) is 9.69 Å². The highest BCUT2D eigenvalue weighted by Crippen LogP contribution is 2.29. The monoisotopic (exact) mass is 375 g/mol. The van der Waals surface area contributed by atoms with Crippen LogP contribution in [0.4, 0.5) is 0 Å². The van der Waals surface area contributed by atoms with Crippen LogP contribution in [0.1, 0.15) is 18.6 Å². The molecule has 1 amide bonds. The quantitative estimate of drug-likeness (QED) is 0.842. The molecular weight excluding hydrogens is 350 g/mol. The van der Waals surface area contributed by atoms with Crippen LogP contribution in [0.15, 0.2) is 40.8 Å². The molecule has 140 valence electrons. The van der Waals surface area contributed by atoms with E-state index >= 15 is 0 Å². The van der Waals surface area contributed by atoms with E-state index in [4.69, 9.17) is 16.0 Å².